The van der Waals surface area contributed by atoms with Crippen LogP contribution in [0, 0.1) is 33.5 Å². The first-order valence-corrected chi connectivity index (χ1v) is 19.3. The molecule has 2 bridgehead atoms. The number of carbonyl (C=O) groups excluding carboxylic acids is 2. The second-order valence-electron chi connectivity index (χ2n) is 16.4. The first kappa shape index (κ1) is 33.7. The maximum absolute atomic E-state index is 15.0. The van der Waals surface area contributed by atoms with E-state index in [1.807, 2.05) is 42.5 Å². The number of hydrogen-bond acceptors (Lipinski definition) is 6. The highest BCUT2D eigenvalue weighted by Crippen LogP contribution is 2.78. The Balaban J connectivity index is 1.17. The zero-order chi connectivity index (χ0) is 35.1. The highest BCUT2D eigenvalue weighted by atomic mass is 32.1. The van der Waals surface area contributed by atoms with Gasteiger partial charge in [0.2, 0.25) is 0 Å². The van der Waals surface area contributed by atoms with Crippen molar-refractivity contribution in [3.8, 4) is 5.75 Å². The Hall–Kier alpha value is -3.46. The van der Waals surface area contributed by atoms with Crippen LogP contribution in [0.15, 0.2) is 78.4 Å². The van der Waals surface area contributed by atoms with Gasteiger partial charge in [0.25, 0.3) is 0 Å². The fraction of sp³-hybridized carbons (Fsp3) is 0.524. The second kappa shape index (κ2) is 11.8. The number of hydrogen-bond donors (Lipinski definition) is 3. The molecule has 1 aromatic heterocycles. The number of Topliss-reactive ketones (excluding diaryl/α,β-unsaturated/α-hetero) is 1. The molecular formula is C42H50N2O5S. The number of aliphatic hydroxyl groups excluding tert-OH is 1. The van der Waals surface area contributed by atoms with Crippen LogP contribution in [0.3, 0.4) is 0 Å². The zero-order valence-corrected chi connectivity index (χ0v) is 30.5. The summed E-state index contributed by atoms with van der Waals surface area (Å²) >= 11 is 1.56. The molecule has 6 aliphatic rings. The van der Waals surface area contributed by atoms with Crippen LogP contribution in [-0.4, -0.2) is 58.8 Å². The molecule has 7 nitrogen and oxygen atoms in total. The molecule has 2 amide bonds. The van der Waals surface area contributed by atoms with Gasteiger partial charge in [-0.05, 0) is 110 Å². The van der Waals surface area contributed by atoms with E-state index in [0.29, 0.717) is 25.1 Å². The van der Waals surface area contributed by atoms with Crippen molar-refractivity contribution in [3.05, 3.63) is 83.3 Å². The minimum absolute atomic E-state index is 0.0229. The fourth-order valence-electron chi connectivity index (χ4n) is 11.5. The summed E-state index contributed by atoms with van der Waals surface area (Å²) in [6.45, 7) is 7.46. The average molecular weight is 695 g/mol. The number of amides is 2. The standard InChI is InChI=1S/C42H50N2O5S/c1-5-22-44(37(47)43-28-10-12-30(49-4)13-11-28)26-41(48)19-16-35-39(41,3)18-15-34-38(2)17-14-29(45)24-40(38)20-21-42(34,35)31(25-40)36(46)33-23-27-8-6-7-9-32(27)50-33/h6-13,20-21,23,25,29,34-35,45,48H,5,14-19,22,24,26H2,1-4H3,(H,43,47). The fourth-order valence-corrected chi connectivity index (χ4v) is 12.6. The number of carbonyl (C=O) groups is 2. The van der Waals surface area contributed by atoms with Crippen molar-refractivity contribution in [2.45, 2.75) is 83.8 Å². The van der Waals surface area contributed by atoms with Gasteiger partial charge < -0.3 is 25.2 Å². The third-order valence-corrected chi connectivity index (χ3v) is 15.3. The maximum Gasteiger partial charge on any atom is 0.321 e. The molecule has 8 heteroatoms. The third-order valence-electron chi connectivity index (χ3n) is 14.2. The van der Waals surface area contributed by atoms with Gasteiger partial charge in [-0.15, -0.1) is 11.3 Å². The predicted molar refractivity (Wildman–Crippen MR) is 199 cm³/mol. The second-order valence-corrected chi connectivity index (χ2v) is 17.5. The van der Waals surface area contributed by atoms with Gasteiger partial charge >= 0.3 is 6.03 Å². The molecule has 1 heterocycles. The number of fused-ring (bicyclic) bond motifs is 2. The summed E-state index contributed by atoms with van der Waals surface area (Å²) in [6, 6.07) is 17.3. The molecule has 9 rings (SSSR count). The van der Waals surface area contributed by atoms with Crippen molar-refractivity contribution in [1.29, 1.82) is 0 Å². The lowest BCUT2D eigenvalue weighted by Gasteiger charge is -2.71. The zero-order valence-electron chi connectivity index (χ0n) is 29.7. The van der Waals surface area contributed by atoms with Gasteiger partial charge in [-0.3, -0.25) is 4.79 Å². The number of rotatable bonds is 8. The van der Waals surface area contributed by atoms with Gasteiger partial charge in [0, 0.05) is 38.8 Å². The molecule has 0 aliphatic heterocycles. The number of urea groups is 1. The summed E-state index contributed by atoms with van der Waals surface area (Å²) in [5.74, 6) is 1.05. The SMILES string of the molecule is CCCN(CC1(O)CCC2C34C=CC5(C=C3C(=O)c3cc6ccccc6s3)CC(O)CCC5(C)C4CCC21C)C(=O)Nc1ccc(OC)cc1. The Morgan fingerprint density at radius 3 is 2.44 bits per heavy atom. The summed E-state index contributed by atoms with van der Waals surface area (Å²) in [5.41, 5.74) is -1.12. The van der Waals surface area contributed by atoms with Crippen molar-refractivity contribution < 1.29 is 24.5 Å². The number of ether oxygens (including phenoxy) is 1. The number of allylic oxidation sites excluding steroid dienone is 4. The Morgan fingerprint density at radius 1 is 0.980 bits per heavy atom. The van der Waals surface area contributed by atoms with Crippen LogP contribution >= 0.6 is 11.3 Å². The van der Waals surface area contributed by atoms with E-state index in [1.165, 1.54) is 0 Å². The van der Waals surface area contributed by atoms with E-state index in [2.05, 4.69) is 56.4 Å². The van der Waals surface area contributed by atoms with Gasteiger partial charge in [-0.2, -0.15) is 0 Å². The lowest BCUT2D eigenvalue weighted by Crippen LogP contribution is -2.67. The summed E-state index contributed by atoms with van der Waals surface area (Å²) in [6.07, 6.45) is 12.7. The number of benzene rings is 2. The number of anilines is 1. The molecule has 3 saturated carbocycles. The van der Waals surface area contributed by atoms with Gasteiger partial charge in [0.05, 0.1) is 30.2 Å². The van der Waals surface area contributed by atoms with Crippen LogP contribution in [0.1, 0.15) is 81.8 Å². The molecule has 2 spiro atoms. The molecule has 2 aromatic carbocycles. The number of thiophene rings is 1. The maximum atomic E-state index is 15.0. The highest BCUT2D eigenvalue weighted by Gasteiger charge is 2.74. The Bertz CT molecular complexity index is 1870. The largest absolute Gasteiger partial charge is 0.497 e. The molecule has 3 N–H and O–H groups in total. The molecule has 50 heavy (non-hydrogen) atoms. The number of methoxy groups -OCH3 is 1. The van der Waals surface area contributed by atoms with E-state index in [-0.39, 0.29) is 41.0 Å². The first-order chi connectivity index (χ1) is 23.9. The monoisotopic (exact) mass is 694 g/mol. The van der Waals surface area contributed by atoms with Crippen LogP contribution < -0.4 is 10.1 Å². The molecule has 8 unspecified atom stereocenters. The Labute approximate surface area is 299 Å². The Morgan fingerprint density at radius 2 is 1.70 bits per heavy atom. The molecule has 264 valence electrons. The predicted octanol–water partition coefficient (Wildman–Crippen LogP) is 8.63. The third kappa shape index (κ3) is 4.66. The summed E-state index contributed by atoms with van der Waals surface area (Å²) < 4.78 is 6.39. The van der Waals surface area contributed by atoms with E-state index in [0.717, 1.165) is 64.8 Å². The average Bonchev–Trinajstić information content (AvgIpc) is 3.66. The van der Waals surface area contributed by atoms with E-state index in [4.69, 9.17) is 4.74 Å². The Kier molecular flexibility index (Phi) is 7.94. The van der Waals surface area contributed by atoms with Crippen LogP contribution in [-0.2, 0) is 0 Å². The van der Waals surface area contributed by atoms with E-state index < -0.39 is 22.5 Å². The van der Waals surface area contributed by atoms with E-state index >= 15 is 4.79 Å². The molecule has 3 aromatic rings. The van der Waals surface area contributed by atoms with Crippen molar-refractivity contribution in [2.75, 3.05) is 25.5 Å². The number of nitrogens with zero attached hydrogens (tertiary/aromatic N) is 1. The van der Waals surface area contributed by atoms with Crippen molar-refractivity contribution in [3.63, 3.8) is 0 Å². The normalized spacial score (nSPS) is 36.7. The van der Waals surface area contributed by atoms with Crippen molar-refractivity contribution >= 4 is 38.9 Å². The number of aliphatic hydroxyl groups is 2. The van der Waals surface area contributed by atoms with Crippen LogP contribution in [0.5, 0.6) is 5.75 Å². The van der Waals surface area contributed by atoms with Gasteiger partial charge in [0.15, 0.2) is 5.78 Å². The lowest BCUT2D eigenvalue weighted by molar-refractivity contribution is -0.174. The minimum atomic E-state index is -1.13. The summed E-state index contributed by atoms with van der Waals surface area (Å²) in [5, 5.41) is 28.1. The van der Waals surface area contributed by atoms with E-state index in [9.17, 15) is 15.0 Å². The number of nitrogens with one attached hydrogen (secondary N) is 1. The summed E-state index contributed by atoms with van der Waals surface area (Å²) in [4.78, 5) is 31.3. The lowest BCUT2D eigenvalue weighted by atomic mass is 9.32. The molecule has 0 radical (unpaired) electrons. The summed E-state index contributed by atoms with van der Waals surface area (Å²) in [7, 11) is 1.62. The van der Waals surface area contributed by atoms with E-state index in [1.54, 1.807) is 23.3 Å². The molecule has 0 saturated heterocycles. The van der Waals surface area contributed by atoms with Crippen molar-refractivity contribution in [1.82, 2.24) is 4.90 Å². The molecular weight excluding hydrogens is 645 g/mol. The van der Waals surface area contributed by atoms with Gasteiger partial charge in [-0.1, -0.05) is 57.2 Å². The first-order valence-electron chi connectivity index (χ1n) is 18.5. The highest BCUT2D eigenvalue weighted by molar-refractivity contribution is 7.21. The topological polar surface area (TPSA) is 99.1 Å². The molecule has 3 fully saturated rings. The molecule has 6 aliphatic carbocycles. The van der Waals surface area contributed by atoms with Crippen LogP contribution in [0.25, 0.3) is 10.1 Å². The van der Waals surface area contributed by atoms with Gasteiger partial charge in [-0.25, -0.2) is 4.79 Å². The smallest absolute Gasteiger partial charge is 0.321 e. The van der Waals surface area contributed by atoms with Gasteiger partial charge in [0.1, 0.15) is 5.75 Å². The van der Waals surface area contributed by atoms with Crippen LogP contribution in [0.4, 0.5) is 10.5 Å². The van der Waals surface area contributed by atoms with Crippen LogP contribution in [0.2, 0.25) is 0 Å². The molecule has 8 atom stereocenters. The number of ketones is 1. The minimum Gasteiger partial charge on any atom is -0.497 e. The quantitative estimate of drug-likeness (QED) is 0.162. The van der Waals surface area contributed by atoms with Crippen molar-refractivity contribution in [2.24, 2.45) is 33.5 Å².